The van der Waals surface area contributed by atoms with Gasteiger partial charge in [0.05, 0.1) is 25.8 Å². The molecule has 0 bridgehead atoms. The predicted octanol–water partition coefficient (Wildman–Crippen LogP) is -4.41. The van der Waals surface area contributed by atoms with Crippen LogP contribution in [-0.2, 0) is 19.0 Å². The van der Waals surface area contributed by atoms with Gasteiger partial charge >= 0.3 is 5.97 Å². The predicted molar refractivity (Wildman–Crippen MR) is 83.6 cm³/mol. The molecule has 1 aliphatic carbocycles. The Bertz CT molecular complexity index is 529. The van der Waals surface area contributed by atoms with Crippen LogP contribution in [0.15, 0.2) is 11.6 Å². The third-order valence-electron chi connectivity index (χ3n) is 4.65. The van der Waals surface area contributed by atoms with Crippen molar-refractivity contribution >= 4 is 5.97 Å². The summed E-state index contributed by atoms with van der Waals surface area (Å²) in [7, 11) is 2.34. The lowest BCUT2D eigenvalue weighted by Crippen LogP contribution is -2.68. The summed E-state index contributed by atoms with van der Waals surface area (Å²) >= 11 is 0. The molecule has 0 amide bonds. The number of aliphatic hydroxyl groups excluding tert-OH is 6. The van der Waals surface area contributed by atoms with Gasteiger partial charge < -0.3 is 44.8 Å². The van der Waals surface area contributed by atoms with Gasteiger partial charge in [-0.2, -0.15) is 0 Å². The second-order valence-corrected chi connectivity index (χ2v) is 6.21. The van der Waals surface area contributed by atoms with Crippen LogP contribution >= 0.6 is 0 Å². The summed E-state index contributed by atoms with van der Waals surface area (Å²) in [6.07, 6.45) is -9.00. The molecule has 1 fully saturated rings. The van der Waals surface area contributed by atoms with E-state index in [9.17, 15) is 35.4 Å². The van der Waals surface area contributed by atoms with E-state index in [-0.39, 0.29) is 5.57 Å². The standard InChI is InChI=1S/C15H25NO10/c1-24-14(23)13-7(10(20)12(22)15(25-2)26-13)16-6-3-5(4-17)8(18)11(21)9(6)19/h3,6-13,15-22H,4H2,1-2H3. The van der Waals surface area contributed by atoms with E-state index in [1.165, 1.54) is 13.2 Å². The number of ether oxygens (including phenoxy) is 3. The Morgan fingerprint density at radius 3 is 2.31 bits per heavy atom. The molecular formula is C15H25NO10. The SMILES string of the molecule is COC(=O)C1OC(OC)C(O)C(O)C1NC1C=C(CO)C(O)C(O)C1O. The molecule has 9 atom stereocenters. The van der Waals surface area contributed by atoms with E-state index in [4.69, 9.17) is 9.47 Å². The first-order chi connectivity index (χ1) is 12.3. The number of nitrogens with one attached hydrogen (secondary N) is 1. The van der Waals surface area contributed by atoms with E-state index >= 15 is 0 Å². The number of methoxy groups -OCH3 is 2. The third kappa shape index (κ3) is 3.91. The number of hydrogen-bond donors (Lipinski definition) is 7. The van der Waals surface area contributed by atoms with Crippen LogP contribution in [0.3, 0.4) is 0 Å². The highest BCUT2D eigenvalue weighted by Crippen LogP contribution is 2.26. The lowest BCUT2D eigenvalue weighted by Gasteiger charge is -2.44. The van der Waals surface area contributed by atoms with Gasteiger partial charge in [0.2, 0.25) is 0 Å². The normalized spacial score (nSPS) is 43.7. The molecular weight excluding hydrogens is 354 g/mol. The highest BCUT2D eigenvalue weighted by Gasteiger charge is 2.50. The molecule has 11 heteroatoms. The van der Waals surface area contributed by atoms with Crippen molar-refractivity contribution in [1.82, 2.24) is 5.32 Å². The van der Waals surface area contributed by atoms with E-state index in [0.717, 1.165) is 7.11 Å². The van der Waals surface area contributed by atoms with E-state index in [2.05, 4.69) is 10.1 Å². The average Bonchev–Trinajstić information content (AvgIpc) is 2.65. The maximum absolute atomic E-state index is 12.0. The minimum absolute atomic E-state index is 0.0523. The smallest absolute Gasteiger partial charge is 0.336 e. The molecule has 1 heterocycles. The summed E-state index contributed by atoms with van der Waals surface area (Å²) in [4.78, 5) is 12.0. The van der Waals surface area contributed by atoms with Crippen molar-refractivity contribution in [2.24, 2.45) is 0 Å². The van der Waals surface area contributed by atoms with Gasteiger partial charge in [-0.05, 0) is 5.57 Å². The molecule has 26 heavy (non-hydrogen) atoms. The van der Waals surface area contributed by atoms with Crippen LogP contribution in [0.5, 0.6) is 0 Å². The van der Waals surface area contributed by atoms with E-state index in [1.54, 1.807) is 0 Å². The first kappa shape index (κ1) is 21.2. The fourth-order valence-corrected chi connectivity index (χ4v) is 3.12. The summed E-state index contributed by atoms with van der Waals surface area (Å²) in [6, 6.07) is -2.29. The summed E-state index contributed by atoms with van der Waals surface area (Å²) in [5.41, 5.74) is 0.0523. The number of aliphatic hydroxyl groups is 6. The highest BCUT2D eigenvalue weighted by molar-refractivity contribution is 5.76. The Labute approximate surface area is 149 Å². The summed E-state index contributed by atoms with van der Waals surface area (Å²) < 4.78 is 14.9. The Hall–Kier alpha value is -1.15. The molecule has 7 N–H and O–H groups in total. The van der Waals surface area contributed by atoms with Crippen molar-refractivity contribution in [2.45, 2.75) is 55.0 Å². The highest BCUT2D eigenvalue weighted by atomic mass is 16.7. The number of rotatable bonds is 5. The average molecular weight is 379 g/mol. The van der Waals surface area contributed by atoms with Crippen molar-refractivity contribution in [3.8, 4) is 0 Å². The summed E-state index contributed by atoms with van der Waals surface area (Å²) in [5.74, 6) is -0.854. The van der Waals surface area contributed by atoms with Gasteiger partial charge in [-0.25, -0.2) is 4.79 Å². The topological polar surface area (TPSA) is 178 Å². The largest absolute Gasteiger partial charge is 0.467 e. The third-order valence-corrected chi connectivity index (χ3v) is 4.65. The van der Waals surface area contributed by atoms with Gasteiger partial charge in [0, 0.05) is 7.11 Å². The molecule has 0 aromatic rings. The zero-order chi connectivity index (χ0) is 19.6. The fraction of sp³-hybridized carbons (Fsp3) is 0.800. The number of esters is 1. The Morgan fingerprint density at radius 1 is 1.12 bits per heavy atom. The maximum Gasteiger partial charge on any atom is 0.336 e. The van der Waals surface area contributed by atoms with Crippen LogP contribution in [0.1, 0.15) is 0 Å². The molecule has 0 radical (unpaired) electrons. The van der Waals surface area contributed by atoms with Gasteiger partial charge in [0.15, 0.2) is 12.4 Å². The van der Waals surface area contributed by atoms with Crippen molar-refractivity contribution < 1.29 is 49.6 Å². The van der Waals surface area contributed by atoms with E-state index < -0.39 is 67.6 Å². The van der Waals surface area contributed by atoms with Gasteiger partial charge in [-0.3, -0.25) is 5.32 Å². The molecule has 0 aromatic carbocycles. The number of carbonyl (C=O) groups excluding carboxylic acids is 1. The zero-order valence-corrected chi connectivity index (χ0v) is 14.3. The number of hydrogen-bond acceptors (Lipinski definition) is 11. The summed E-state index contributed by atoms with van der Waals surface area (Å²) in [6.45, 7) is -0.568. The van der Waals surface area contributed by atoms with Crippen molar-refractivity contribution in [2.75, 3.05) is 20.8 Å². The maximum atomic E-state index is 12.0. The van der Waals surface area contributed by atoms with Gasteiger partial charge in [-0.15, -0.1) is 0 Å². The van der Waals surface area contributed by atoms with E-state index in [1.807, 2.05) is 0 Å². The van der Waals surface area contributed by atoms with E-state index in [0.29, 0.717) is 0 Å². The number of carbonyl (C=O) groups is 1. The van der Waals surface area contributed by atoms with Gasteiger partial charge in [0.1, 0.15) is 30.5 Å². The van der Waals surface area contributed by atoms with Crippen molar-refractivity contribution in [1.29, 1.82) is 0 Å². The first-order valence-corrected chi connectivity index (χ1v) is 8.00. The zero-order valence-electron chi connectivity index (χ0n) is 14.3. The molecule has 9 unspecified atom stereocenters. The molecule has 11 nitrogen and oxygen atoms in total. The van der Waals surface area contributed by atoms with Crippen LogP contribution in [0.4, 0.5) is 0 Å². The Kier molecular flexibility index (Phi) is 7.07. The minimum Gasteiger partial charge on any atom is -0.467 e. The second-order valence-electron chi connectivity index (χ2n) is 6.21. The van der Waals surface area contributed by atoms with Crippen molar-refractivity contribution in [3.63, 3.8) is 0 Å². The van der Waals surface area contributed by atoms with Crippen molar-refractivity contribution in [3.05, 3.63) is 11.6 Å². The first-order valence-electron chi connectivity index (χ1n) is 8.00. The molecule has 0 spiro atoms. The second kappa shape index (κ2) is 8.69. The van der Waals surface area contributed by atoms with Crippen LogP contribution in [0.25, 0.3) is 0 Å². The molecule has 1 saturated heterocycles. The lowest BCUT2D eigenvalue weighted by molar-refractivity contribution is -0.268. The van der Waals surface area contributed by atoms with Crippen LogP contribution in [0, 0.1) is 0 Å². The fourth-order valence-electron chi connectivity index (χ4n) is 3.12. The quantitative estimate of drug-likeness (QED) is 0.181. The molecule has 0 aromatic heterocycles. The van der Waals surface area contributed by atoms with Gasteiger partial charge in [-0.1, -0.05) is 6.08 Å². The van der Waals surface area contributed by atoms with Gasteiger partial charge in [0.25, 0.3) is 0 Å². The monoisotopic (exact) mass is 379 g/mol. The molecule has 1 aliphatic heterocycles. The molecule has 2 rings (SSSR count). The molecule has 0 saturated carbocycles. The van der Waals surface area contributed by atoms with Crippen LogP contribution < -0.4 is 5.32 Å². The molecule has 2 aliphatic rings. The van der Waals surface area contributed by atoms with Crippen LogP contribution in [0.2, 0.25) is 0 Å². The van der Waals surface area contributed by atoms with Crippen LogP contribution in [-0.4, -0.2) is 112 Å². The summed E-state index contributed by atoms with van der Waals surface area (Å²) in [5, 5.41) is 62.3. The lowest BCUT2D eigenvalue weighted by atomic mass is 9.86. The Morgan fingerprint density at radius 2 is 1.77 bits per heavy atom. The molecule has 150 valence electrons. The Balaban J connectivity index is 2.28. The minimum atomic E-state index is -1.60.